The van der Waals surface area contributed by atoms with Gasteiger partial charge < -0.3 is 9.64 Å². The molecular formula is C14H19NO2. The molecule has 92 valence electrons. The van der Waals surface area contributed by atoms with E-state index in [0.29, 0.717) is 12.1 Å². The smallest absolute Gasteiger partial charge is 0.255 e. The van der Waals surface area contributed by atoms with Crippen molar-refractivity contribution < 1.29 is 9.53 Å². The fourth-order valence-corrected chi connectivity index (χ4v) is 1.35. The van der Waals surface area contributed by atoms with Crippen LogP contribution in [0.5, 0.6) is 0 Å². The van der Waals surface area contributed by atoms with Gasteiger partial charge in [-0.1, -0.05) is 24.3 Å². The zero-order chi connectivity index (χ0) is 12.7. The maximum absolute atomic E-state index is 12.1. The highest BCUT2D eigenvalue weighted by Crippen LogP contribution is 2.05. The van der Waals surface area contributed by atoms with E-state index in [1.54, 1.807) is 23.1 Å². The lowest BCUT2D eigenvalue weighted by Crippen LogP contribution is -2.34. The molecule has 0 bridgehead atoms. The number of carbonyl (C=O) groups excluding carboxylic acids is 1. The van der Waals surface area contributed by atoms with Crippen LogP contribution in [-0.2, 0) is 4.74 Å². The summed E-state index contributed by atoms with van der Waals surface area (Å²) in [7, 11) is 0. The van der Waals surface area contributed by atoms with Crippen molar-refractivity contribution >= 4 is 5.91 Å². The highest BCUT2D eigenvalue weighted by atomic mass is 16.5. The van der Waals surface area contributed by atoms with Gasteiger partial charge in [0.25, 0.3) is 5.91 Å². The van der Waals surface area contributed by atoms with E-state index in [1.165, 1.54) is 0 Å². The van der Waals surface area contributed by atoms with Gasteiger partial charge in [-0.2, -0.15) is 0 Å². The van der Waals surface area contributed by atoms with Crippen molar-refractivity contribution in [3.05, 3.63) is 48.6 Å². The van der Waals surface area contributed by atoms with E-state index in [2.05, 4.69) is 6.58 Å². The number of benzene rings is 1. The highest BCUT2D eigenvalue weighted by molar-refractivity contribution is 5.94. The molecule has 1 aromatic carbocycles. The van der Waals surface area contributed by atoms with Crippen LogP contribution in [0, 0.1) is 0 Å². The Morgan fingerprint density at radius 1 is 1.41 bits per heavy atom. The van der Waals surface area contributed by atoms with Crippen LogP contribution < -0.4 is 0 Å². The molecule has 0 aliphatic carbocycles. The Bertz CT molecular complexity index is 360. The van der Waals surface area contributed by atoms with E-state index in [1.807, 2.05) is 32.0 Å². The zero-order valence-electron chi connectivity index (χ0n) is 10.4. The first-order valence-electron chi connectivity index (χ1n) is 5.72. The second kappa shape index (κ2) is 6.86. The predicted molar refractivity (Wildman–Crippen MR) is 68.8 cm³/mol. The summed E-state index contributed by atoms with van der Waals surface area (Å²) in [5.74, 6) is -0.0360. The van der Waals surface area contributed by atoms with Crippen LogP contribution in [0.25, 0.3) is 0 Å². The van der Waals surface area contributed by atoms with Gasteiger partial charge in [0, 0.05) is 12.1 Å². The van der Waals surface area contributed by atoms with Crippen molar-refractivity contribution in [3.8, 4) is 0 Å². The minimum Gasteiger partial charge on any atom is -0.358 e. The third-order valence-corrected chi connectivity index (χ3v) is 2.22. The molecule has 1 aromatic rings. The molecule has 0 saturated carbocycles. The summed E-state index contributed by atoms with van der Waals surface area (Å²) in [5.41, 5.74) is 0.668. The van der Waals surface area contributed by atoms with Crippen molar-refractivity contribution in [2.75, 3.05) is 13.3 Å². The summed E-state index contributed by atoms with van der Waals surface area (Å²) >= 11 is 0. The number of hydrogen-bond donors (Lipinski definition) is 0. The second-order valence-electron chi connectivity index (χ2n) is 4.03. The maximum atomic E-state index is 12.1. The Hall–Kier alpha value is -1.61. The molecular weight excluding hydrogens is 214 g/mol. The summed E-state index contributed by atoms with van der Waals surface area (Å²) in [4.78, 5) is 13.8. The molecule has 0 aliphatic heterocycles. The quantitative estimate of drug-likeness (QED) is 0.558. The SMILES string of the molecule is C=CCN(COC(C)C)C(=O)c1ccccc1. The number of amides is 1. The van der Waals surface area contributed by atoms with Crippen LogP contribution in [0.4, 0.5) is 0 Å². The molecule has 1 rings (SSSR count). The third kappa shape index (κ3) is 4.41. The molecule has 0 heterocycles. The molecule has 0 aromatic heterocycles. The molecule has 3 nitrogen and oxygen atoms in total. The molecule has 3 heteroatoms. The second-order valence-corrected chi connectivity index (χ2v) is 4.03. The topological polar surface area (TPSA) is 29.5 Å². The van der Waals surface area contributed by atoms with Crippen molar-refractivity contribution in [2.24, 2.45) is 0 Å². The average molecular weight is 233 g/mol. The van der Waals surface area contributed by atoms with E-state index >= 15 is 0 Å². The van der Waals surface area contributed by atoms with Crippen molar-refractivity contribution in [2.45, 2.75) is 20.0 Å². The first-order chi connectivity index (χ1) is 8.15. The van der Waals surface area contributed by atoms with E-state index in [-0.39, 0.29) is 18.7 Å². The van der Waals surface area contributed by atoms with Crippen LogP contribution in [0.1, 0.15) is 24.2 Å². The first-order valence-corrected chi connectivity index (χ1v) is 5.72. The average Bonchev–Trinajstić information content (AvgIpc) is 2.34. The summed E-state index contributed by atoms with van der Waals surface area (Å²) < 4.78 is 5.46. The molecule has 0 fully saturated rings. The predicted octanol–water partition coefficient (Wildman–Crippen LogP) is 2.70. The standard InChI is InChI=1S/C14H19NO2/c1-4-10-15(11-17-12(2)3)14(16)13-8-6-5-7-9-13/h4-9,12H,1,10-11H2,2-3H3. The van der Waals surface area contributed by atoms with Crippen LogP contribution in [0.15, 0.2) is 43.0 Å². The highest BCUT2D eigenvalue weighted by Gasteiger charge is 2.14. The fraction of sp³-hybridized carbons (Fsp3) is 0.357. The minimum atomic E-state index is -0.0360. The summed E-state index contributed by atoms with van der Waals surface area (Å²) in [6.07, 6.45) is 1.80. The fourth-order valence-electron chi connectivity index (χ4n) is 1.35. The first kappa shape index (κ1) is 13.5. The van der Waals surface area contributed by atoms with E-state index in [4.69, 9.17) is 4.74 Å². The summed E-state index contributed by atoms with van der Waals surface area (Å²) in [6, 6.07) is 9.19. The molecule has 17 heavy (non-hydrogen) atoms. The van der Waals surface area contributed by atoms with Crippen LogP contribution in [0.2, 0.25) is 0 Å². The van der Waals surface area contributed by atoms with Crippen molar-refractivity contribution in [1.29, 1.82) is 0 Å². The Labute approximate surface area is 103 Å². The molecule has 0 unspecified atom stereocenters. The summed E-state index contributed by atoms with van der Waals surface area (Å²) in [5, 5.41) is 0. The number of hydrogen-bond acceptors (Lipinski definition) is 2. The van der Waals surface area contributed by atoms with Gasteiger partial charge >= 0.3 is 0 Å². The summed E-state index contributed by atoms with van der Waals surface area (Å²) in [6.45, 7) is 8.32. The van der Waals surface area contributed by atoms with Gasteiger partial charge in [0.2, 0.25) is 0 Å². The number of nitrogens with zero attached hydrogens (tertiary/aromatic N) is 1. The maximum Gasteiger partial charge on any atom is 0.255 e. The van der Waals surface area contributed by atoms with Gasteiger partial charge in [0.1, 0.15) is 6.73 Å². The largest absolute Gasteiger partial charge is 0.358 e. The number of rotatable bonds is 6. The van der Waals surface area contributed by atoms with Gasteiger partial charge in [-0.05, 0) is 26.0 Å². The van der Waals surface area contributed by atoms with Crippen LogP contribution in [0.3, 0.4) is 0 Å². The molecule has 1 amide bonds. The number of carbonyl (C=O) groups is 1. The van der Waals surface area contributed by atoms with E-state index in [9.17, 15) is 4.79 Å². The molecule has 0 atom stereocenters. The van der Waals surface area contributed by atoms with Gasteiger partial charge in [-0.25, -0.2) is 0 Å². The monoisotopic (exact) mass is 233 g/mol. The van der Waals surface area contributed by atoms with Crippen molar-refractivity contribution in [1.82, 2.24) is 4.90 Å². The van der Waals surface area contributed by atoms with Crippen LogP contribution >= 0.6 is 0 Å². The van der Waals surface area contributed by atoms with Gasteiger partial charge in [0.15, 0.2) is 0 Å². The lowest BCUT2D eigenvalue weighted by molar-refractivity contribution is 0.00235. The Kier molecular flexibility index (Phi) is 5.43. The molecule has 0 saturated heterocycles. The molecule has 0 spiro atoms. The zero-order valence-corrected chi connectivity index (χ0v) is 10.4. The van der Waals surface area contributed by atoms with Gasteiger partial charge in [0.05, 0.1) is 6.10 Å². The van der Waals surface area contributed by atoms with E-state index in [0.717, 1.165) is 0 Å². The van der Waals surface area contributed by atoms with Crippen molar-refractivity contribution in [3.63, 3.8) is 0 Å². The Morgan fingerprint density at radius 3 is 2.59 bits per heavy atom. The Balaban J connectivity index is 2.70. The molecule has 0 N–H and O–H groups in total. The van der Waals surface area contributed by atoms with Crippen LogP contribution in [-0.4, -0.2) is 30.2 Å². The minimum absolute atomic E-state index is 0.0360. The molecule has 0 radical (unpaired) electrons. The lowest BCUT2D eigenvalue weighted by atomic mass is 10.2. The van der Waals surface area contributed by atoms with Gasteiger partial charge in [-0.3, -0.25) is 4.79 Å². The van der Waals surface area contributed by atoms with Gasteiger partial charge in [-0.15, -0.1) is 6.58 Å². The molecule has 0 aliphatic rings. The Morgan fingerprint density at radius 2 is 2.06 bits per heavy atom. The lowest BCUT2D eigenvalue weighted by Gasteiger charge is -2.22. The van der Waals surface area contributed by atoms with E-state index < -0.39 is 0 Å². The number of ether oxygens (including phenoxy) is 1. The third-order valence-electron chi connectivity index (χ3n) is 2.22. The normalized spacial score (nSPS) is 10.3.